The second kappa shape index (κ2) is 2.69. The number of nitrogens with zero attached hydrogens (tertiary/aromatic N) is 1. The zero-order valence-corrected chi connectivity index (χ0v) is 5.92. The SMILES string of the molecule is C=CC1CC(=C)CN1C=O. The Morgan fingerprint density at radius 1 is 1.70 bits per heavy atom. The average Bonchev–Trinajstić information content (AvgIpc) is 2.30. The lowest BCUT2D eigenvalue weighted by Gasteiger charge is -2.13. The summed E-state index contributed by atoms with van der Waals surface area (Å²) in [4.78, 5) is 12.1. The molecular formula is C8H11NO. The summed E-state index contributed by atoms with van der Waals surface area (Å²) in [6.45, 7) is 8.13. The normalized spacial score (nSPS) is 25.0. The minimum Gasteiger partial charge on any atom is -0.335 e. The Balaban J connectivity index is 2.65. The second-order valence-electron chi connectivity index (χ2n) is 2.53. The van der Waals surface area contributed by atoms with Gasteiger partial charge in [-0.25, -0.2) is 0 Å². The van der Waals surface area contributed by atoms with Gasteiger partial charge in [0.05, 0.1) is 6.04 Å². The molecule has 2 nitrogen and oxygen atoms in total. The van der Waals surface area contributed by atoms with Crippen molar-refractivity contribution in [1.29, 1.82) is 0 Å². The van der Waals surface area contributed by atoms with Crippen LogP contribution in [0.4, 0.5) is 0 Å². The van der Waals surface area contributed by atoms with Crippen molar-refractivity contribution >= 4 is 6.41 Å². The summed E-state index contributed by atoms with van der Waals surface area (Å²) in [6, 6.07) is 0.185. The van der Waals surface area contributed by atoms with Crippen LogP contribution >= 0.6 is 0 Å². The molecule has 0 bridgehead atoms. The van der Waals surface area contributed by atoms with Gasteiger partial charge in [0.15, 0.2) is 0 Å². The molecule has 1 amide bonds. The van der Waals surface area contributed by atoms with Crippen molar-refractivity contribution in [1.82, 2.24) is 4.90 Å². The van der Waals surface area contributed by atoms with Crippen LogP contribution in [0.2, 0.25) is 0 Å². The van der Waals surface area contributed by atoms with Crippen LogP contribution in [0.3, 0.4) is 0 Å². The van der Waals surface area contributed by atoms with E-state index in [9.17, 15) is 4.79 Å². The largest absolute Gasteiger partial charge is 0.335 e. The van der Waals surface area contributed by atoms with Gasteiger partial charge in [0, 0.05) is 6.54 Å². The monoisotopic (exact) mass is 137 g/mol. The van der Waals surface area contributed by atoms with E-state index < -0.39 is 0 Å². The maximum atomic E-state index is 10.4. The summed E-state index contributed by atoms with van der Waals surface area (Å²) < 4.78 is 0. The first-order chi connectivity index (χ1) is 4.77. The molecule has 0 spiro atoms. The topological polar surface area (TPSA) is 20.3 Å². The molecule has 1 aliphatic heterocycles. The minimum atomic E-state index is 0.185. The van der Waals surface area contributed by atoms with Crippen LogP contribution in [0.15, 0.2) is 24.8 Å². The smallest absolute Gasteiger partial charge is 0.210 e. The van der Waals surface area contributed by atoms with Gasteiger partial charge in [0.25, 0.3) is 0 Å². The lowest BCUT2D eigenvalue weighted by Crippen LogP contribution is -2.25. The van der Waals surface area contributed by atoms with Gasteiger partial charge in [-0.1, -0.05) is 18.2 Å². The van der Waals surface area contributed by atoms with E-state index in [1.54, 1.807) is 11.0 Å². The molecule has 1 atom stereocenters. The number of amides is 1. The van der Waals surface area contributed by atoms with E-state index in [-0.39, 0.29) is 6.04 Å². The molecule has 1 aliphatic rings. The molecule has 10 heavy (non-hydrogen) atoms. The predicted octanol–water partition coefficient (Wildman–Crippen LogP) is 0.959. The number of likely N-dealkylation sites (tertiary alicyclic amines) is 1. The van der Waals surface area contributed by atoms with E-state index in [1.807, 2.05) is 0 Å². The first kappa shape index (κ1) is 7.06. The molecule has 1 rings (SSSR count). The number of rotatable bonds is 2. The van der Waals surface area contributed by atoms with Gasteiger partial charge >= 0.3 is 0 Å². The fourth-order valence-corrected chi connectivity index (χ4v) is 1.19. The number of carbonyl (C=O) groups excluding carboxylic acids is 1. The van der Waals surface area contributed by atoms with E-state index in [0.717, 1.165) is 18.4 Å². The van der Waals surface area contributed by atoms with Gasteiger partial charge in [0.2, 0.25) is 6.41 Å². The Kier molecular flexibility index (Phi) is 1.90. The van der Waals surface area contributed by atoms with Gasteiger partial charge in [-0.05, 0) is 6.42 Å². The number of hydrogen-bond acceptors (Lipinski definition) is 1. The third-order valence-electron chi connectivity index (χ3n) is 1.74. The van der Waals surface area contributed by atoms with Gasteiger partial charge in [-0.2, -0.15) is 0 Å². The Morgan fingerprint density at radius 3 is 2.80 bits per heavy atom. The van der Waals surface area contributed by atoms with Crippen molar-refractivity contribution < 1.29 is 4.79 Å². The van der Waals surface area contributed by atoms with Crippen molar-refractivity contribution in [3.05, 3.63) is 24.8 Å². The van der Waals surface area contributed by atoms with Gasteiger partial charge in [-0.3, -0.25) is 4.79 Å². The van der Waals surface area contributed by atoms with Crippen molar-refractivity contribution in [2.45, 2.75) is 12.5 Å². The highest BCUT2D eigenvalue weighted by Gasteiger charge is 2.22. The molecule has 0 aromatic rings. The third kappa shape index (κ3) is 1.10. The predicted molar refractivity (Wildman–Crippen MR) is 40.5 cm³/mol. The van der Waals surface area contributed by atoms with Crippen molar-refractivity contribution in [2.75, 3.05) is 6.54 Å². The van der Waals surface area contributed by atoms with E-state index in [0.29, 0.717) is 6.54 Å². The van der Waals surface area contributed by atoms with Gasteiger partial charge in [-0.15, -0.1) is 6.58 Å². The van der Waals surface area contributed by atoms with E-state index in [1.165, 1.54) is 0 Å². The standard InChI is InChI=1S/C8H11NO/c1-3-8-4-7(2)5-9(8)6-10/h3,6,8H,1-2,4-5H2. The molecule has 2 heteroatoms. The minimum absolute atomic E-state index is 0.185. The quantitative estimate of drug-likeness (QED) is 0.410. The molecule has 1 saturated heterocycles. The van der Waals surface area contributed by atoms with Crippen LogP contribution in [0.5, 0.6) is 0 Å². The number of hydrogen-bond donors (Lipinski definition) is 0. The zero-order valence-electron chi connectivity index (χ0n) is 5.92. The molecule has 54 valence electrons. The first-order valence-corrected chi connectivity index (χ1v) is 3.28. The highest BCUT2D eigenvalue weighted by molar-refractivity contribution is 5.51. The van der Waals surface area contributed by atoms with Crippen molar-refractivity contribution in [2.24, 2.45) is 0 Å². The van der Waals surface area contributed by atoms with E-state index in [2.05, 4.69) is 13.2 Å². The molecule has 0 aliphatic carbocycles. The molecule has 0 radical (unpaired) electrons. The molecule has 0 aromatic carbocycles. The summed E-state index contributed by atoms with van der Waals surface area (Å²) in [5.74, 6) is 0. The summed E-state index contributed by atoms with van der Waals surface area (Å²) in [5, 5.41) is 0. The summed E-state index contributed by atoms with van der Waals surface area (Å²) in [7, 11) is 0. The lowest BCUT2D eigenvalue weighted by molar-refractivity contribution is -0.118. The summed E-state index contributed by atoms with van der Waals surface area (Å²) in [6.07, 6.45) is 3.51. The molecule has 1 heterocycles. The first-order valence-electron chi connectivity index (χ1n) is 3.28. The summed E-state index contributed by atoms with van der Waals surface area (Å²) >= 11 is 0. The third-order valence-corrected chi connectivity index (χ3v) is 1.74. The number of carbonyl (C=O) groups is 1. The Morgan fingerprint density at radius 2 is 2.40 bits per heavy atom. The van der Waals surface area contributed by atoms with Crippen LogP contribution in [-0.4, -0.2) is 23.9 Å². The Labute approximate surface area is 60.8 Å². The molecule has 1 unspecified atom stereocenters. The van der Waals surface area contributed by atoms with E-state index in [4.69, 9.17) is 0 Å². The maximum Gasteiger partial charge on any atom is 0.210 e. The average molecular weight is 137 g/mol. The fraction of sp³-hybridized carbons (Fsp3) is 0.375. The molecular weight excluding hydrogens is 126 g/mol. The Hall–Kier alpha value is -1.05. The van der Waals surface area contributed by atoms with Crippen molar-refractivity contribution in [3.63, 3.8) is 0 Å². The fourth-order valence-electron chi connectivity index (χ4n) is 1.19. The molecule has 0 N–H and O–H groups in total. The maximum absolute atomic E-state index is 10.4. The highest BCUT2D eigenvalue weighted by Crippen LogP contribution is 2.19. The molecule has 0 saturated carbocycles. The highest BCUT2D eigenvalue weighted by atomic mass is 16.1. The van der Waals surface area contributed by atoms with Crippen LogP contribution in [-0.2, 0) is 4.79 Å². The molecule has 0 aromatic heterocycles. The van der Waals surface area contributed by atoms with Gasteiger partial charge in [0.1, 0.15) is 0 Å². The van der Waals surface area contributed by atoms with Crippen LogP contribution in [0.25, 0.3) is 0 Å². The second-order valence-corrected chi connectivity index (χ2v) is 2.53. The Bertz CT molecular complexity index is 156. The lowest BCUT2D eigenvalue weighted by atomic mass is 10.2. The van der Waals surface area contributed by atoms with Crippen LogP contribution in [0.1, 0.15) is 6.42 Å². The summed E-state index contributed by atoms with van der Waals surface area (Å²) in [5.41, 5.74) is 1.11. The van der Waals surface area contributed by atoms with Crippen LogP contribution < -0.4 is 0 Å². The van der Waals surface area contributed by atoms with Crippen LogP contribution in [0, 0.1) is 0 Å². The zero-order chi connectivity index (χ0) is 7.56. The van der Waals surface area contributed by atoms with Crippen molar-refractivity contribution in [3.8, 4) is 0 Å². The van der Waals surface area contributed by atoms with Gasteiger partial charge < -0.3 is 4.90 Å². The molecule has 1 fully saturated rings. The van der Waals surface area contributed by atoms with E-state index >= 15 is 0 Å².